The molecule has 0 spiro atoms. The van der Waals surface area contributed by atoms with Crippen LogP contribution in [0.3, 0.4) is 0 Å². The molecule has 1 N–H and O–H groups in total. The van der Waals surface area contributed by atoms with E-state index in [4.69, 9.17) is 4.74 Å². The monoisotopic (exact) mass is 239 g/mol. The van der Waals surface area contributed by atoms with E-state index in [0.29, 0.717) is 18.9 Å². The lowest BCUT2D eigenvalue weighted by atomic mass is 10.2. The average Bonchev–Trinajstić information content (AvgIpc) is 2.67. The molecule has 0 aromatic rings. The number of halogens is 3. The summed E-state index contributed by atoms with van der Waals surface area (Å²) in [5.41, 5.74) is 0. The Kier molecular flexibility index (Phi) is 5.08. The van der Waals surface area contributed by atoms with Crippen molar-refractivity contribution in [2.45, 2.75) is 25.6 Å². The number of likely N-dealkylation sites (N-methyl/N-ethyl adjacent to an activating group) is 1. The summed E-state index contributed by atoms with van der Waals surface area (Å²) in [4.78, 5) is 0. The smallest absolute Gasteiger partial charge is 0.411 e. The molecule has 0 aromatic heterocycles. The molecule has 0 radical (unpaired) electrons. The van der Waals surface area contributed by atoms with Gasteiger partial charge in [-0.2, -0.15) is 13.2 Å². The van der Waals surface area contributed by atoms with Crippen molar-refractivity contribution in [1.29, 1.82) is 0 Å². The first kappa shape index (κ1) is 13.3. The fourth-order valence-electron chi connectivity index (χ4n) is 1.46. The molecule has 0 amide bonds. The highest BCUT2D eigenvalue weighted by atomic mass is 19.4. The van der Waals surface area contributed by atoms with Crippen molar-refractivity contribution < 1.29 is 22.6 Å². The Bertz CT molecular complexity index is 241. The van der Waals surface area contributed by atoms with Crippen LogP contribution in [0.25, 0.3) is 0 Å². The van der Waals surface area contributed by atoms with Crippen LogP contribution in [0.5, 0.6) is 0 Å². The van der Waals surface area contributed by atoms with E-state index in [1.165, 1.54) is 0 Å². The summed E-state index contributed by atoms with van der Waals surface area (Å²) in [5, 5.41) is 3.03. The molecule has 16 heavy (non-hydrogen) atoms. The van der Waals surface area contributed by atoms with Gasteiger partial charge in [-0.05, 0) is 12.6 Å². The van der Waals surface area contributed by atoms with Crippen LogP contribution in [0, 0.1) is 0 Å². The summed E-state index contributed by atoms with van der Waals surface area (Å²) in [7, 11) is 0. The van der Waals surface area contributed by atoms with Gasteiger partial charge in [0, 0.05) is 6.42 Å². The van der Waals surface area contributed by atoms with E-state index in [-0.39, 0.29) is 12.6 Å². The van der Waals surface area contributed by atoms with Gasteiger partial charge in [0.1, 0.15) is 12.4 Å². The van der Waals surface area contributed by atoms with Crippen LogP contribution in [-0.4, -0.2) is 38.6 Å². The first-order chi connectivity index (χ1) is 7.53. The van der Waals surface area contributed by atoms with Crippen LogP contribution < -0.4 is 5.32 Å². The van der Waals surface area contributed by atoms with Crippen molar-refractivity contribution in [3.05, 3.63) is 11.8 Å². The standard InChI is InChI=1S/C10H16F3NO2/c1-2-14-8(9-4-3-5-16-9)6-15-7-10(11,12)13/h4,8,14H,2-3,5-7H2,1H3. The van der Waals surface area contributed by atoms with Crippen LogP contribution in [0.2, 0.25) is 0 Å². The molecule has 1 aliphatic rings. The van der Waals surface area contributed by atoms with Crippen molar-refractivity contribution in [3.8, 4) is 0 Å². The van der Waals surface area contributed by atoms with Gasteiger partial charge in [-0.3, -0.25) is 0 Å². The molecule has 94 valence electrons. The third-order valence-electron chi connectivity index (χ3n) is 2.08. The highest BCUT2D eigenvalue weighted by molar-refractivity contribution is 5.07. The summed E-state index contributed by atoms with van der Waals surface area (Å²) in [6.07, 6.45) is -1.59. The SMILES string of the molecule is CCNC(COCC(F)(F)F)C1=CCCO1. The van der Waals surface area contributed by atoms with Crippen LogP contribution in [0.15, 0.2) is 11.8 Å². The summed E-state index contributed by atoms with van der Waals surface area (Å²) in [6, 6.07) is -0.283. The molecule has 1 rings (SSSR count). The molecule has 0 fully saturated rings. The van der Waals surface area contributed by atoms with Gasteiger partial charge in [0.2, 0.25) is 0 Å². The number of hydrogen-bond acceptors (Lipinski definition) is 3. The Morgan fingerprint density at radius 1 is 1.56 bits per heavy atom. The van der Waals surface area contributed by atoms with Gasteiger partial charge in [0.15, 0.2) is 0 Å². The summed E-state index contributed by atoms with van der Waals surface area (Å²) >= 11 is 0. The first-order valence-electron chi connectivity index (χ1n) is 5.23. The van der Waals surface area contributed by atoms with Crippen LogP contribution >= 0.6 is 0 Å². The lowest BCUT2D eigenvalue weighted by Crippen LogP contribution is -2.36. The molecule has 0 bridgehead atoms. The van der Waals surface area contributed by atoms with Crippen molar-refractivity contribution in [2.75, 3.05) is 26.4 Å². The molecular weight excluding hydrogens is 223 g/mol. The maximum atomic E-state index is 11.9. The quantitative estimate of drug-likeness (QED) is 0.767. The normalized spacial score (nSPS) is 18.1. The summed E-state index contributed by atoms with van der Waals surface area (Å²) in [6.45, 7) is 1.88. The topological polar surface area (TPSA) is 30.5 Å². The lowest BCUT2D eigenvalue weighted by molar-refractivity contribution is -0.175. The van der Waals surface area contributed by atoms with E-state index < -0.39 is 12.8 Å². The Hall–Kier alpha value is -0.750. The van der Waals surface area contributed by atoms with Crippen molar-refractivity contribution in [1.82, 2.24) is 5.32 Å². The van der Waals surface area contributed by atoms with E-state index in [1.54, 1.807) is 0 Å². The van der Waals surface area contributed by atoms with Gasteiger partial charge in [0.25, 0.3) is 0 Å². The Morgan fingerprint density at radius 2 is 2.31 bits per heavy atom. The van der Waals surface area contributed by atoms with Crippen molar-refractivity contribution >= 4 is 0 Å². The van der Waals surface area contributed by atoms with Gasteiger partial charge in [-0.15, -0.1) is 0 Å². The van der Waals surface area contributed by atoms with E-state index in [0.717, 1.165) is 6.42 Å². The summed E-state index contributed by atoms with van der Waals surface area (Å²) < 4.78 is 45.5. The number of nitrogens with one attached hydrogen (secondary N) is 1. The van der Waals surface area contributed by atoms with Crippen LogP contribution in [-0.2, 0) is 9.47 Å². The van der Waals surface area contributed by atoms with Gasteiger partial charge < -0.3 is 14.8 Å². The fraction of sp³-hybridized carbons (Fsp3) is 0.800. The summed E-state index contributed by atoms with van der Waals surface area (Å²) in [5.74, 6) is 0.684. The highest BCUT2D eigenvalue weighted by Crippen LogP contribution is 2.17. The molecule has 3 nitrogen and oxygen atoms in total. The minimum Gasteiger partial charge on any atom is -0.496 e. The molecule has 6 heteroatoms. The van der Waals surface area contributed by atoms with Gasteiger partial charge >= 0.3 is 6.18 Å². The minimum absolute atomic E-state index is 0.0286. The molecule has 1 aliphatic heterocycles. The van der Waals surface area contributed by atoms with E-state index in [9.17, 15) is 13.2 Å². The number of alkyl halides is 3. The van der Waals surface area contributed by atoms with Crippen LogP contribution in [0.4, 0.5) is 13.2 Å². The maximum Gasteiger partial charge on any atom is 0.411 e. The second-order valence-electron chi connectivity index (χ2n) is 3.48. The Morgan fingerprint density at radius 3 is 2.81 bits per heavy atom. The Balaban J connectivity index is 2.33. The highest BCUT2D eigenvalue weighted by Gasteiger charge is 2.28. The van der Waals surface area contributed by atoms with E-state index in [1.807, 2.05) is 13.0 Å². The molecule has 0 aromatic carbocycles. The van der Waals surface area contributed by atoms with E-state index >= 15 is 0 Å². The molecule has 0 aliphatic carbocycles. The van der Waals surface area contributed by atoms with Gasteiger partial charge in [-0.1, -0.05) is 6.92 Å². The minimum atomic E-state index is -4.28. The maximum absolute atomic E-state index is 11.9. The van der Waals surface area contributed by atoms with Crippen LogP contribution in [0.1, 0.15) is 13.3 Å². The molecule has 1 heterocycles. The molecule has 1 atom stereocenters. The molecular formula is C10H16F3NO2. The third-order valence-corrected chi connectivity index (χ3v) is 2.08. The van der Waals surface area contributed by atoms with Crippen molar-refractivity contribution in [2.24, 2.45) is 0 Å². The second kappa shape index (κ2) is 6.10. The predicted octanol–water partition coefficient (Wildman–Crippen LogP) is 1.85. The Labute approximate surface area is 92.6 Å². The van der Waals surface area contributed by atoms with Gasteiger partial charge in [0.05, 0.1) is 19.3 Å². The average molecular weight is 239 g/mol. The zero-order chi connectivity index (χ0) is 12.0. The fourth-order valence-corrected chi connectivity index (χ4v) is 1.46. The largest absolute Gasteiger partial charge is 0.496 e. The number of rotatable bonds is 6. The number of ether oxygens (including phenoxy) is 2. The lowest BCUT2D eigenvalue weighted by Gasteiger charge is -2.19. The molecule has 0 saturated heterocycles. The van der Waals surface area contributed by atoms with Gasteiger partial charge in [-0.25, -0.2) is 0 Å². The molecule has 1 unspecified atom stereocenters. The predicted molar refractivity (Wildman–Crippen MR) is 53.0 cm³/mol. The van der Waals surface area contributed by atoms with E-state index in [2.05, 4.69) is 10.1 Å². The zero-order valence-electron chi connectivity index (χ0n) is 9.14. The molecule has 0 saturated carbocycles. The second-order valence-corrected chi connectivity index (χ2v) is 3.48. The first-order valence-corrected chi connectivity index (χ1v) is 5.23. The third kappa shape index (κ3) is 4.85. The zero-order valence-corrected chi connectivity index (χ0v) is 9.14. The van der Waals surface area contributed by atoms with Crippen molar-refractivity contribution in [3.63, 3.8) is 0 Å². The number of hydrogen-bond donors (Lipinski definition) is 1.